The van der Waals surface area contributed by atoms with Gasteiger partial charge < -0.3 is 19.9 Å². The number of piperazine rings is 1. The van der Waals surface area contributed by atoms with Crippen molar-refractivity contribution in [2.75, 3.05) is 45.2 Å². The summed E-state index contributed by atoms with van der Waals surface area (Å²) in [5.41, 5.74) is 1.43. The van der Waals surface area contributed by atoms with Gasteiger partial charge in [-0.25, -0.2) is 18.7 Å². The van der Waals surface area contributed by atoms with Gasteiger partial charge in [0.1, 0.15) is 5.82 Å². The molecule has 1 amide bonds. The molecular formula is C20H29N5O4S. The second-order valence-electron chi connectivity index (χ2n) is 8.60. The number of aromatic nitrogens is 2. The molecule has 1 N–H and O–H groups in total. The number of amides is 1. The molecule has 1 aliphatic rings. The fourth-order valence-corrected chi connectivity index (χ4v) is 3.99. The van der Waals surface area contributed by atoms with Crippen molar-refractivity contribution in [1.82, 2.24) is 13.9 Å². The van der Waals surface area contributed by atoms with Gasteiger partial charge in [-0.1, -0.05) is 20.8 Å². The Kier molecular flexibility index (Phi) is 6.42. The molecule has 9 nitrogen and oxygen atoms in total. The standard InChI is InChI=1S/C20H29N5O4S/c1-6-29-19(27)24-16-13-14(7-8-15(16)22-17(24)20(2,3)4)21-18(26)30-23-9-11-25(5,28)12-10-23/h7-8,13H,6,9-12H2,1-5H3,(H,21,26). The van der Waals surface area contributed by atoms with Gasteiger partial charge in [0.15, 0.2) is 0 Å². The van der Waals surface area contributed by atoms with Gasteiger partial charge in [-0.15, -0.1) is 0 Å². The molecule has 1 saturated heterocycles. The number of hydrogen-bond acceptors (Lipinski definition) is 7. The van der Waals surface area contributed by atoms with E-state index in [1.54, 1.807) is 32.2 Å². The van der Waals surface area contributed by atoms with Crippen LogP contribution < -0.4 is 5.32 Å². The number of quaternary nitrogens is 1. The molecule has 1 aromatic carbocycles. The van der Waals surface area contributed by atoms with Crippen molar-refractivity contribution >= 4 is 40.0 Å². The number of carbonyl (C=O) groups is 2. The molecule has 0 bridgehead atoms. The van der Waals surface area contributed by atoms with Gasteiger partial charge in [0.2, 0.25) is 0 Å². The van der Waals surface area contributed by atoms with E-state index in [4.69, 9.17) is 4.74 Å². The number of hydroxylamine groups is 3. The van der Waals surface area contributed by atoms with Crippen molar-refractivity contribution in [2.24, 2.45) is 0 Å². The van der Waals surface area contributed by atoms with Crippen LogP contribution in [-0.4, -0.2) is 69.7 Å². The second kappa shape index (κ2) is 8.54. The first-order chi connectivity index (χ1) is 14.0. The molecule has 1 aromatic heterocycles. The van der Waals surface area contributed by atoms with Gasteiger partial charge >= 0.3 is 6.09 Å². The molecule has 30 heavy (non-hydrogen) atoms. The fraction of sp³-hybridized carbons (Fsp3) is 0.550. The Morgan fingerprint density at radius 1 is 1.30 bits per heavy atom. The summed E-state index contributed by atoms with van der Waals surface area (Å²) < 4.78 is 8.32. The number of imidazole rings is 1. The van der Waals surface area contributed by atoms with E-state index in [-0.39, 0.29) is 21.9 Å². The summed E-state index contributed by atoms with van der Waals surface area (Å²) in [5.74, 6) is 0.598. The number of nitrogens with one attached hydrogen (secondary N) is 1. The van der Waals surface area contributed by atoms with E-state index in [0.717, 1.165) is 11.9 Å². The fourth-order valence-electron chi connectivity index (χ4n) is 3.25. The van der Waals surface area contributed by atoms with Crippen LogP contribution in [0.2, 0.25) is 0 Å². The molecule has 0 radical (unpaired) electrons. The number of likely N-dealkylation sites (N-methyl/N-ethyl adjacent to an activating group) is 1. The number of rotatable bonds is 3. The molecule has 0 spiro atoms. The average Bonchev–Trinajstić information content (AvgIpc) is 3.03. The molecule has 1 fully saturated rings. The quantitative estimate of drug-likeness (QED) is 0.445. The molecule has 0 saturated carbocycles. The van der Waals surface area contributed by atoms with Crippen LogP contribution in [0.5, 0.6) is 0 Å². The smallest absolute Gasteiger partial charge is 0.419 e. The Labute approximate surface area is 180 Å². The van der Waals surface area contributed by atoms with Crippen LogP contribution in [0.1, 0.15) is 33.5 Å². The molecule has 0 unspecified atom stereocenters. The lowest BCUT2D eigenvalue weighted by Gasteiger charge is -2.44. The van der Waals surface area contributed by atoms with Gasteiger partial charge in [0, 0.05) is 23.1 Å². The summed E-state index contributed by atoms with van der Waals surface area (Å²) in [7, 11) is 1.65. The van der Waals surface area contributed by atoms with Crippen molar-refractivity contribution in [3.63, 3.8) is 0 Å². The minimum absolute atomic E-state index is 0.241. The number of anilines is 1. The Bertz CT molecular complexity index is 941. The van der Waals surface area contributed by atoms with E-state index in [9.17, 15) is 14.8 Å². The maximum absolute atomic E-state index is 12.6. The Hall–Kier alpha value is -2.14. The summed E-state index contributed by atoms with van der Waals surface area (Å²) in [6, 6.07) is 5.27. The number of ether oxygens (including phenoxy) is 1. The van der Waals surface area contributed by atoms with E-state index < -0.39 is 6.09 Å². The third-order valence-corrected chi connectivity index (χ3v) is 5.77. The van der Waals surface area contributed by atoms with Crippen LogP contribution >= 0.6 is 11.9 Å². The number of nitrogens with zero attached hydrogens (tertiary/aromatic N) is 4. The first kappa shape index (κ1) is 22.5. The van der Waals surface area contributed by atoms with E-state index in [1.807, 2.05) is 25.1 Å². The molecule has 1 aliphatic heterocycles. The van der Waals surface area contributed by atoms with Crippen LogP contribution in [-0.2, 0) is 10.2 Å². The van der Waals surface area contributed by atoms with Crippen molar-refractivity contribution in [3.05, 3.63) is 29.2 Å². The number of hydrogen-bond donors (Lipinski definition) is 1. The van der Waals surface area contributed by atoms with Gasteiger partial charge in [-0.2, -0.15) is 0 Å². The Balaban J connectivity index is 1.81. The third kappa shape index (κ3) is 5.12. The van der Waals surface area contributed by atoms with Gasteiger partial charge in [0.25, 0.3) is 5.24 Å². The van der Waals surface area contributed by atoms with Crippen LogP contribution in [0, 0.1) is 5.21 Å². The normalized spacial score (nSPS) is 17.1. The van der Waals surface area contributed by atoms with E-state index >= 15 is 0 Å². The van der Waals surface area contributed by atoms with E-state index in [0.29, 0.717) is 48.7 Å². The molecule has 164 valence electrons. The monoisotopic (exact) mass is 435 g/mol. The summed E-state index contributed by atoms with van der Waals surface area (Å²) in [6.45, 7) is 9.98. The zero-order valence-electron chi connectivity index (χ0n) is 18.1. The topological polar surface area (TPSA) is 99.5 Å². The highest BCUT2D eigenvalue weighted by atomic mass is 32.2. The molecule has 2 heterocycles. The third-order valence-electron chi connectivity index (χ3n) is 4.88. The van der Waals surface area contributed by atoms with Crippen molar-refractivity contribution in [2.45, 2.75) is 33.1 Å². The van der Waals surface area contributed by atoms with Crippen molar-refractivity contribution < 1.29 is 19.0 Å². The minimum atomic E-state index is -0.491. The zero-order chi connectivity index (χ0) is 22.1. The summed E-state index contributed by atoms with van der Waals surface area (Å²) in [4.78, 5) is 29.7. The highest BCUT2D eigenvalue weighted by Crippen LogP contribution is 2.29. The Morgan fingerprint density at radius 2 is 1.97 bits per heavy atom. The number of carbonyl (C=O) groups excluding carboxylic acids is 2. The number of fused-ring (bicyclic) bond motifs is 1. The lowest BCUT2D eigenvalue weighted by Crippen LogP contribution is -2.52. The van der Waals surface area contributed by atoms with Gasteiger partial charge in [-0.3, -0.25) is 4.79 Å². The highest BCUT2D eigenvalue weighted by Gasteiger charge is 2.27. The van der Waals surface area contributed by atoms with E-state index in [2.05, 4.69) is 10.3 Å². The maximum Gasteiger partial charge on any atom is 0.419 e. The van der Waals surface area contributed by atoms with Crippen molar-refractivity contribution in [3.8, 4) is 0 Å². The molecular weight excluding hydrogens is 406 g/mol. The largest absolute Gasteiger partial charge is 0.633 e. The predicted molar refractivity (Wildman–Crippen MR) is 118 cm³/mol. The van der Waals surface area contributed by atoms with Gasteiger partial charge in [-0.05, 0) is 25.1 Å². The molecule has 2 aromatic rings. The van der Waals surface area contributed by atoms with Crippen LogP contribution in [0.4, 0.5) is 15.3 Å². The maximum atomic E-state index is 12.6. The SMILES string of the molecule is CCOC(=O)n1c(C(C)(C)C)nc2ccc(NC(=O)SN3CC[N+](C)([O-])CC3)cc21. The molecule has 0 atom stereocenters. The summed E-state index contributed by atoms with van der Waals surface area (Å²) >= 11 is 1.07. The zero-order valence-corrected chi connectivity index (χ0v) is 18.9. The first-order valence-corrected chi connectivity index (χ1v) is 10.8. The van der Waals surface area contributed by atoms with Gasteiger partial charge in [0.05, 0.1) is 50.9 Å². The summed E-state index contributed by atoms with van der Waals surface area (Å²) in [6.07, 6.45) is -0.491. The summed E-state index contributed by atoms with van der Waals surface area (Å²) in [5, 5.41) is 14.5. The predicted octanol–water partition coefficient (Wildman–Crippen LogP) is 3.78. The Morgan fingerprint density at radius 3 is 2.57 bits per heavy atom. The van der Waals surface area contributed by atoms with Crippen molar-refractivity contribution in [1.29, 1.82) is 0 Å². The minimum Gasteiger partial charge on any atom is -0.633 e. The van der Waals surface area contributed by atoms with Crippen LogP contribution in [0.25, 0.3) is 11.0 Å². The molecule has 3 rings (SSSR count). The van der Waals surface area contributed by atoms with E-state index in [1.165, 1.54) is 4.57 Å². The lowest BCUT2D eigenvalue weighted by molar-refractivity contribution is -0.864. The molecule has 10 heteroatoms. The number of benzene rings is 1. The highest BCUT2D eigenvalue weighted by molar-refractivity contribution is 8.11. The van der Waals surface area contributed by atoms with Crippen LogP contribution in [0.3, 0.4) is 0 Å². The molecule has 0 aliphatic carbocycles. The van der Waals surface area contributed by atoms with Crippen LogP contribution in [0.15, 0.2) is 18.2 Å². The second-order valence-corrected chi connectivity index (χ2v) is 9.67. The first-order valence-electron chi connectivity index (χ1n) is 10.00. The lowest BCUT2D eigenvalue weighted by atomic mass is 9.96. The average molecular weight is 436 g/mol.